The van der Waals surface area contributed by atoms with Crippen molar-refractivity contribution in [3.63, 3.8) is 0 Å². The summed E-state index contributed by atoms with van der Waals surface area (Å²) in [6.45, 7) is 6.93. The summed E-state index contributed by atoms with van der Waals surface area (Å²) in [5.41, 5.74) is 17.3. The van der Waals surface area contributed by atoms with Crippen LogP contribution in [0.1, 0.15) is 30.5 Å². The van der Waals surface area contributed by atoms with E-state index in [4.69, 9.17) is 0 Å². The largest absolute Gasteiger partial charge is 0.310 e. The average Bonchev–Trinajstić information content (AvgIpc) is 3.41. The van der Waals surface area contributed by atoms with Gasteiger partial charge in [-0.3, -0.25) is 0 Å². The van der Waals surface area contributed by atoms with Gasteiger partial charge in [-0.05, 0) is 110 Å². The number of rotatable bonds is 6. The molecule has 0 bridgehead atoms. The normalized spacial score (nSPS) is 12.8. The SMILES string of the molecule is Cc1ccccc1-c1cc2ccccc2cc1N(c1ccc(-c2ccc(-c3ccccc3)cc2)cc1)c1ccc2c(c1)C(C)(C)c1ccccc1-2. The fourth-order valence-corrected chi connectivity index (χ4v) is 8.05. The van der Waals surface area contributed by atoms with Crippen LogP contribution < -0.4 is 4.90 Å². The zero-order chi connectivity index (χ0) is 34.5. The zero-order valence-corrected chi connectivity index (χ0v) is 29.3. The van der Waals surface area contributed by atoms with Crippen molar-refractivity contribution in [3.05, 3.63) is 199 Å². The molecule has 8 aromatic carbocycles. The summed E-state index contributed by atoms with van der Waals surface area (Å²) in [5.74, 6) is 0. The second kappa shape index (κ2) is 12.3. The Bertz CT molecular complexity index is 2540. The quantitative estimate of drug-likeness (QED) is 0.173. The monoisotopic (exact) mass is 653 g/mol. The molecule has 9 rings (SSSR count). The molecule has 0 unspecified atom stereocenters. The van der Waals surface area contributed by atoms with Crippen molar-refractivity contribution in [2.45, 2.75) is 26.2 Å². The zero-order valence-electron chi connectivity index (χ0n) is 29.3. The Kier molecular flexibility index (Phi) is 7.44. The van der Waals surface area contributed by atoms with Crippen LogP contribution in [0.25, 0.3) is 55.3 Å². The Hall–Kier alpha value is -6.18. The van der Waals surface area contributed by atoms with Crippen LogP contribution in [-0.2, 0) is 5.41 Å². The first-order valence-corrected chi connectivity index (χ1v) is 17.8. The van der Waals surface area contributed by atoms with Crippen LogP contribution in [0.3, 0.4) is 0 Å². The van der Waals surface area contributed by atoms with Gasteiger partial charge in [0, 0.05) is 22.4 Å². The van der Waals surface area contributed by atoms with Crippen molar-refractivity contribution < 1.29 is 0 Å². The lowest BCUT2D eigenvalue weighted by Gasteiger charge is -2.30. The highest BCUT2D eigenvalue weighted by Gasteiger charge is 2.36. The van der Waals surface area contributed by atoms with Gasteiger partial charge in [0.2, 0.25) is 0 Å². The van der Waals surface area contributed by atoms with Crippen LogP contribution in [0.5, 0.6) is 0 Å². The number of fused-ring (bicyclic) bond motifs is 4. The fraction of sp³-hybridized carbons (Fsp3) is 0.0800. The predicted octanol–water partition coefficient (Wildman–Crippen LogP) is 13.9. The maximum absolute atomic E-state index is 2.47. The second-order valence-corrected chi connectivity index (χ2v) is 14.3. The van der Waals surface area contributed by atoms with Crippen molar-refractivity contribution in [2.24, 2.45) is 0 Å². The molecule has 0 saturated heterocycles. The Morgan fingerprint density at radius 3 is 1.57 bits per heavy atom. The van der Waals surface area contributed by atoms with Gasteiger partial charge < -0.3 is 4.90 Å². The molecule has 0 aromatic heterocycles. The van der Waals surface area contributed by atoms with E-state index in [9.17, 15) is 0 Å². The first-order valence-electron chi connectivity index (χ1n) is 17.8. The van der Waals surface area contributed by atoms with E-state index < -0.39 is 0 Å². The van der Waals surface area contributed by atoms with Crippen molar-refractivity contribution in [2.75, 3.05) is 4.90 Å². The highest BCUT2D eigenvalue weighted by Crippen LogP contribution is 2.51. The highest BCUT2D eigenvalue weighted by molar-refractivity contribution is 5.99. The van der Waals surface area contributed by atoms with Crippen LogP contribution in [0, 0.1) is 6.92 Å². The number of nitrogens with zero attached hydrogens (tertiary/aromatic N) is 1. The van der Waals surface area contributed by atoms with Gasteiger partial charge in [0.1, 0.15) is 0 Å². The third-order valence-corrected chi connectivity index (χ3v) is 10.8. The standard InChI is InChI=1S/C50H39N/c1-34-13-7-10-18-43(34)46-31-39-16-8-9-17-40(39)32-49(46)51(42-29-30-45-44-19-11-12-20-47(44)50(2,3)48(45)33-42)41-27-25-38(26-28-41)37-23-21-36(22-24-37)35-14-5-4-6-15-35/h4-33H,1-3H3. The topological polar surface area (TPSA) is 3.24 Å². The molecule has 244 valence electrons. The average molecular weight is 654 g/mol. The summed E-state index contributed by atoms with van der Waals surface area (Å²) in [7, 11) is 0. The van der Waals surface area contributed by atoms with E-state index in [1.54, 1.807) is 0 Å². The second-order valence-electron chi connectivity index (χ2n) is 14.3. The van der Waals surface area contributed by atoms with Gasteiger partial charge in [-0.25, -0.2) is 0 Å². The Balaban J connectivity index is 1.22. The van der Waals surface area contributed by atoms with Crippen LogP contribution in [0.4, 0.5) is 17.1 Å². The smallest absolute Gasteiger partial charge is 0.0546 e. The third kappa shape index (κ3) is 5.34. The molecule has 0 heterocycles. The molecule has 0 saturated carbocycles. The van der Waals surface area contributed by atoms with Gasteiger partial charge in [0.15, 0.2) is 0 Å². The van der Waals surface area contributed by atoms with Crippen LogP contribution >= 0.6 is 0 Å². The molecule has 0 amide bonds. The van der Waals surface area contributed by atoms with E-state index in [0.29, 0.717) is 0 Å². The molecular weight excluding hydrogens is 615 g/mol. The molecule has 1 aliphatic rings. The van der Waals surface area contributed by atoms with E-state index in [0.717, 1.165) is 17.1 Å². The first-order chi connectivity index (χ1) is 25.0. The van der Waals surface area contributed by atoms with Gasteiger partial charge in [0.05, 0.1) is 5.69 Å². The third-order valence-electron chi connectivity index (χ3n) is 10.8. The van der Waals surface area contributed by atoms with E-state index in [-0.39, 0.29) is 5.41 Å². The number of benzene rings is 8. The van der Waals surface area contributed by atoms with Gasteiger partial charge in [0.25, 0.3) is 0 Å². The van der Waals surface area contributed by atoms with Crippen molar-refractivity contribution in [3.8, 4) is 44.5 Å². The summed E-state index contributed by atoms with van der Waals surface area (Å²) in [6.07, 6.45) is 0. The van der Waals surface area contributed by atoms with E-state index in [1.165, 1.54) is 72.0 Å². The van der Waals surface area contributed by atoms with Crippen LogP contribution in [-0.4, -0.2) is 0 Å². The molecule has 1 heteroatoms. The predicted molar refractivity (Wildman–Crippen MR) is 217 cm³/mol. The van der Waals surface area contributed by atoms with Gasteiger partial charge in [-0.1, -0.05) is 159 Å². The Labute approximate surface area is 301 Å². The molecule has 1 nitrogen and oxygen atoms in total. The Morgan fingerprint density at radius 2 is 0.882 bits per heavy atom. The Morgan fingerprint density at radius 1 is 0.373 bits per heavy atom. The summed E-state index contributed by atoms with van der Waals surface area (Å²) in [5, 5.41) is 2.46. The van der Waals surface area contributed by atoms with Crippen molar-refractivity contribution >= 4 is 27.8 Å². The molecular formula is C50H39N. The van der Waals surface area contributed by atoms with Gasteiger partial charge in [-0.15, -0.1) is 0 Å². The van der Waals surface area contributed by atoms with Crippen LogP contribution in [0.15, 0.2) is 182 Å². The molecule has 0 spiro atoms. The number of aryl methyl sites for hydroxylation is 1. The lowest BCUT2D eigenvalue weighted by atomic mass is 9.82. The highest BCUT2D eigenvalue weighted by atomic mass is 15.1. The van der Waals surface area contributed by atoms with E-state index in [2.05, 4.69) is 208 Å². The van der Waals surface area contributed by atoms with Crippen molar-refractivity contribution in [1.29, 1.82) is 0 Å². The summed E-state index contributed by atoms with van der Waals surface area (Å²) < 4.78 is 0. The number of hydrogen-bond acceptors (Lipinski definition) is 1. The summed E-state index contributed by atoms with van der Waals surface area (Å²) in [4.78, 5) is 2.47. The maximum Gasteiger partial charge on any atom is 0.0546 e. The summed E-state index contributed by atoms with van der Waals surface area (Å²) >= 11 is 0. The van der Waals surface area contributed by atoms with E-state index in [1.807, 2.05) is 0 Å². The number of anilines is 3. The lowest BCUT2D eigenvalue weighted by Crippen LogP contribution is -2.17. The fourth-order valence-electron chi connectivity index (χ4n) is 8.05. The van der Waals surface area contributed by atoms with Crippen LogP contribution in [0.2, 0.25) is 0 Å². The first kappa shape index (κ1) is 30.8. The lowest BCUT2D eigenvalue weighted by molar-refractivity contribution is 0.660. The minimum Gasteiger partial charge on any atom is -0.310 e. The maximum atomic E-state index is 2.47. The van der Waals surface area contributed by atoms with Gasteiger partial charge >= 0.3 is 0 Å². The molecule has 0 radical (unpaired) electrons. The minimum atomic E-state index is -0.106. The van der Waals surface area contributed by atoms with Crippen molar-refractivity contribution in [1.82, 2.24) is 0 Å². The molecule has 0 N–H and O–H groups in total. The molecule has 1 aliphatic carbocycles. The summed E-state index contributed by atoms with van der Waals surface area (Å²) in [6, 6.07) is 66.7. The molecule has 0 aliphatic heterocycles. The van der Waals surface area contributed by atoms with E-state index >= 15 is 0 Å². The van der Waals surface area contributed by atoms with Gasteiger partial charge in [-0.2, -0.15) is 0 Å². The molecule has 51 heavy (non-hydrogen) atoms. The molecule has 8 aromatic rings. The number of hydrogen-bond donors (Lipinski definition) is 0. The molecule has 0 fully saturated rings. The minimum absolute atomic E-state index is 0.106. The molecule has 0 atom stereocenters.